The number of halogens is 3. The van der Waals surface area contributed by atoms with Crippen molar-refractivity contribution in [3.05, 3.63) is 53.5 Å². The van der Waals surface area contributed by atoms with Crippen LogP contribution in [0.5, 0.6) is 0 Å². The number of pyridine rings is 1. The molecule has 0 unspecified atom stereocenters. The Hall–Kier alpha value is -3.10. The summed E-state index contributed by atoms with van der Waals surface area (Å²) in [6, 6.07) is 4.81. The Morgan fingerprint density at radius 1 is 1.04 bits per heavy atom. The fourth-order valence-electron chi connectivity index (χ4n) is 2.60. The average Bonchev–Trinajstić information content (AvgIpc) is 2.67. The van der Waals surface area contributed by atoms with Crippen LogP contribution >= 0.6 is 0 Å². The molecule has 0 saturated carbocycles. The fraction of sp³-hybridized carbons (Fsp3) is 0.235. The zero-order valence-electron chi connectivity index (χ0n) is 13.6. The van der Waals surface area contributed by atoms with Crippen LogP contribution in [0.2, 0.25) is 0 Å². The van der Waals surface area contributed by atoms with Crippen molar-refractivity contribution in [3.8, 4) is 0 Å². The predicted molar refractivity (Wildman–Crippen MR) is 88.4 cm³/mol. The second-order valence-corrected chi connectivity index (χ2v) is 5.71. The summed E-state index contributed by atoms with van der Waals surface area (Å²) in [5, 5.41) is 2.39. The van der Waals surface area contributed by atoms with E-state index in [1.54, 1.807) is 17.0 Å². The van der Waals surface area contributed by atoms with E-state index in [2.05, 4.69) is 10.3 Å². The highest BCUT2D eigenvalue weighted by Gasteiger charge is 2.20. The van der Waals surface area contributed by atoms with Crippen molar-refractivity contribution in [1.29, 1.82) is 0 Å². The molecule has 1 aromatic heterocycles. The lowest BCUT2D eigenvalue weighted by atomic mass is 10.2. The molecule has 1 fully saturated rings. The molecule has 2 amide bonds. The van der Waals surface area contributed by atoms with E-state index in [9.17, 15) is 22.8 Å². The summed E-state index contributed by atoms with van der Waals surface area (Å²) in [6.07, 6.45) is 2.19. The van der Waals surface area contributed by atoms with Gasteiger partial charge < -0.3 is 15.1 Å². The van der Waals surface area contributed by atoms with Crippen LogP contribution < -0.4 is 10.2 Å². The average molecular weight is 364 g/mol. The van der Waals surface area contributed by atoms with Crippen molar-refractivity contribution in [1.82, 2.24) is 9.88 Å². The second-order valence-electron chi connectivity index (χ2n) is 5.71. The van der Waals surface area contributed by atoms with Crippen LogP contribution in [0.15, 0.2) is 30.5 Å². The van der Waals surface area contributed by atoms with Gasteiger partial charge in [-0.3, -0.25) is 9.59 Å². The van der Waals surface area contributed by atoms with Gasteiger partial charge in [0, 0.05) is 26.2 Å². The topological polar surface area (TPSA) is 65.5 Å². The van der Waals surface area contributed by atoms with E-state index >= 15 is 0 Å². The highest BCUT2D eigenvalue weighted by atomic mass is 19.2. The van der Waals surface area contributed by atoms with Crippen LogP contribution in [-0.2, 0) is 4.79 Å². The Morgan fingerprint density at radius 3 is 2.38 bits per heavy atom. The SMILES string of the molecule is O=CN1CCN(c2ccc(NC(=O)c3ccc(F)c(F)c3F)cn2)CC1. The van der Waals surface area contributed by atoms with E-state index < -0.39 is 28.9 Å². The van der Waals surface area contributed by atoms with Gasteiger partial charge in [-0.15, -0.1) is 0 Å². The third kappa shape index (κ3) is 3.61. The fourth-order valence-corrected chi connectivity index (χ4v) is 2.60. The van der Waals surface area contributed by atoms with E-state index in [4.69, 9.17) is 0 Å². The predicted octanol–water partition coefficient (Wildman–Crippen LogP) is 2.03. The first-order chi connectivity index (χ1) is 12.5. The van der Waals surface area contributed by atoms with Gasteiger partial charge >= 0.3 is 0 Å². The lowest BCUT2D eigenvalue weighted by Crippen LogP contribution is -2.46. The first-order valence-electron chi connectivity index (χ1n) is 7.85. The van der Waals surface area contributed by atoms with Gasteiger partial charge in [0.15, 0.2) is 17.5 Å². The molecule has 1 aliphatic heterocycles. The Morgan fingerprint density at radius 2 is 1.77 bits per heavy atom. The maximum absolute atomic E-state index is 13.7. The van der Waals surface area contributed by atoms with E-state index in [1.165, 1.54) is 6.20 Å². The largest absolute Gasteiger partial charge is 0.353 e. The number of nitrogens with zero attached hydrogens (tertiary/aromatic N) is 3. The molecule has 0 atom stereocenters. The van der Waals surface area contributed by atoms with Crippen molar-refractivity contribution in [2.24, 2.45) is 0 Å². The van der Waals surface area contributed by atoms with Gasteiger partial charge in [0.05, 0.1) is 17.4 Å². The number of carbonyl (C=O) groups is 2. The highest BCUT2D eigenvalue weighted by Crippen LogP contribution is 2.19. The number of anilines is 2. The molecule has 2 heterocycles. The molecular formula is C17H15F3N4O2. The molecule has 1 aromatic carbocycles. The molecule has 3 rings (SSSR count). The zero-order chi connectivity index (χ0) is 18.7. The van der Waals surface area contributed by atoms with Crippen molar-refractivity contribution >= 4 is 23.8 Å². The number of rotatable bonds is 4. The monoisotopic (exact) mass is 364 g/mol. The van der Waals surface area contributed by atoms with E-state index in [1.807, 2.05) is 4.90 Å². The van der Waals surface area contributed by atoms with Crippen LogP contribution in [-0.4, -0.2) is 48.4 Å². The Bertz CT molecular complexity index is 822. The maximum Gasteiger partial charge on any atom is 0.258 e. The summed E-state index contributed by atoms with van der Waals surface area (Å²) in [5.41, 5.74) is -0.313. The summed E-state index contributed by atoms with van der Waals surface area (Å²) in [7, 11) is 0. The van der Waals surface area contributed by atoms with Crippen molar-refractivity contribution in [2.45, 2.75) is 0 Å². The van der Waals surface area contributed by atoms with E-state index in [0.717, 1.165) is 12.5 Å². The Kier molecular flexibility index (Phi) is 5.06. The third-order valence-electron chi connectivity index (χ3n) is 4.07. The first-order valence-corrected chi connectivity index (χ1v) is 7.85. The smallest absolute Gasteiger partial charge is 0.258 e. The summed E-state index contributed by atoms with van der Waals surface area (Å²) in [6.45, 7) is 2.47. The number of hydrogen-bond acceptors (Lipinski definition) is 4. The number of amides is 2. The van der Waals surface area contributed by atoms with Crippen molar-refractivity contribution in [2.75, 3.05) is 36.4 Å². The number of benzene rings is 1. The Balaban J connectivity index is 1.67. The minimum atomic E-state index is -1.69. The summed E-state index contributed by atoms with van der Waals surface area (Å²) in [4.78, 5) is 30.6. The molecule has 0 aliphatic carbocycles. The van der Waals surface area contributed by atoms with Gasteiger partial charge in [0.25, 0.3) is 5.91 Å². The number of nitrogens with one attached hydrogen (secondary N) is 1. The van der Waals surface area contributed by atoms with Gasteiger partial charge in [-0.05, 0) is 24.3 Å². The van der Waals surface area contributed by atoms with Crippen molar-refractivity contribution in [3.63, 3.8) is 0 Å². The molecule has 1 saturated heterocycles. The number of hydrogen-bond donors (Lipinski definition) is 1. The van der Waals surface area contributed by atoms with Gasteiger partial charge in [-0.25, -0.2) is 18.2 Å². The Labute approximate surface area is 147 Å². The summed E-state index contributed by atoms with van der Waals surface area (Å²) >= 11 is 0. The molecule has 6 nitrogen and oxygen atoms in total. The van der Waals surface area contributed by atoms with E-state index in [-0.39, 0.29) is 5.69 Å². The minimum Gasteiger partial charge on any atom is -0.353 e. The number of aromatic nitrogens is 1. The highest BCUT2D eigenvalue weighted by molar-refractivity contribution is 6.04. The number of piperazine rings is 1. The third-order valence-corrected chi connectivity index (χ3v) is 4.07. The molecule has 2 aromatic rings. The first kappa shape index (κ1) is 17.7. The van der Waals surface area contributed by atoms with Gasteiger partial charge in [0.2, 0.25) is 6.41 Å². The van der Waals surface area contributed by atoms with Crippen LogP contribution in [0.25, 0.3) is 0 Å². The minimum absolute atomic E-state index is 0.286. The van der Waals surface area contributed by atoms with E-state index in [0.29, 0.717) is 38.1 Å². The molecule has 0 spiro atoms. The molecule has 1 N–H and O–H groups in total. The maximum atomic E-state index is 13.7. The van der Waals surface area contributed by atoms with Gasteiger partial charge in [0.1, 0.15) is 5.82 Å². The number of carbonyl (C=O) groups excluding carboxylic acids is 2. The molecular weight excluding hydrogens is 349 g/mol. The lowest BCUT2D eigenvalue weighted by Gasteiger charge is -2.33. The van der Waals surface area contributed by atoms with Gasteiger partial charge in [-0.1, -0.05) is 0 Å². The van der Waals surface area contributed by atoms with Gasteiger partial charge in [-0.2, -0.15) is 0 Å². The molecule has 26 heavy (non-hydrogen) atoms. The van der Waals surface area contributed by atoms with Crippen LogP contribution in [0.1, 0.15) is 10.4 Å². The normalized spacial score (nSPS) is 14.3. The lowest BCUT2D eigenvalue weighted by molar-refractivity contribution is -0.118. The molecule has 0 bridgehead atoms. The molecule has 136 valence electrons. The standard InChI is InChI=1S/C17H15F3N4O2/c18-13-3-2-12(15(19)16(13)20)17(26)22-11-1-4-14(21-9-11)24-7-5-23(10-25)6-8-24/h1-4,9-10H,5-8H2,(H,22,26). The quantitative estimate of drug-likeness (QED) is 0.666. The molecule has 9 heteroatoms. The second kappa shape index (κ2) is 7.42. The van der Waals surface area contributed by atoms with Crippen LogP contribution in [0, 0.1) is 17.5 Å². The van der Waals surface area contributed by atoms with Crippen molar-refractivity contribution < 1.29 is 22.8 Å². The summed E-state index contributed by atoms with van der Waals surface area (Å²) in [5.74, 6) is -4.83. The van der Waals surface area contributed by atoms with Crippen LogP contribution in [0.3, 0.4) is 0 Å². The molecule has 1 aliphatic rings. The zero-order valence-corrected chi connectivity index (χ0v) is 13.6. The summed E-state index contributed by atoms with van der Waals surface area (Å²) < 4.78 is 39.8. The molecule has 0 radical (unpaired) electrons. The van der Waals surface area contributed by atoms with Crippen LogP contribution in [0.4, 0.5) is 24.7 Å².